The molecule has 0 bridgehead atoms. The summed E-state index contributed by atoms with van der Waals surface area (Å²) in [6.45, 7) is 21.1. The normalized spacial score (nSPS) is 18.8. The molecule has 49 heavy (non-hydrogen) atoms. The van der Waals surface area contributed by atoms with E-state index < -0.39 is 17.2 Å². The van der Waals surface area contributed by atoms with Gasteiger partial charge in [0.15, 0.2) is 12.6 Å². The van der Waals surface area contributed by atoms with Gasteiger partial charge in [-0.25, -0.2) is 0 Å². The standard InChI is InChI=1S/C21H35FO2Si.C21H36O2Si/c1-17(2)15-25(22,16-18(3)4)20-10-8-19(9-11-20)12-14-24-21-7-5-6-13-23-21;1-17(2)15-24(16-18(3)4)20-10-8-19(9-11-20)12-14-23-21-7-5-6-13-22-21/h8-11,17-18,21H,5-7,12-16H2,1-4H3;8-11,17-18,21,24H,5-7,12-16H2,1-4H3. The van der Waals surface area contributed by atoms with Crippen LogP contribution in [0.3, 0.4) is 0 Å². The van der Waals surface area contributed by atoms with E-state index in [4.69, 9.17) is 18.9 Å². The lowest BCUT2D eigenvalue weighted by atomic mass is 10.1. The third kappa shape index (κ3) is 16.7. The average Bonchev–Trinajstić information content (AvgIpc) is 3.05. The molecule has 7 heteroatoms. The lowest BCUT2D eigenvalue weighted by molar-refractivity contribution is -0.161. The van der Waals surface area contributed by atoms with E-state index >= 15 is 4.11 Å². The van der Waals surface area contributed by atoms with Crippen molar-refractivity contribution in [1.82, 2.24) is 0 Å². The highest BCUT2D eigenvalue weighted by Gasteiger charge is 2.37. The van der Waals surface area contributed by atoms with Crippen LogP contribution < -0.4 is 10.4 Å². The number of hydrogen-bond donors (Lipinski definition) is 0. The molecule has 0 aliphatic carbocycles. The topological polar surface area (TPSA) is 36.9 Å². The summed E-state index contributed by atoms with van der Waals surface area (Å²) >= 11 is 0. The van der Waals surface area contributed by atoms with Gasteiger partial charge in [-0.3, -0.25) is 0 Å². The Morgan fingerprint density at radius 2 is 1.06 bits per heavy atom. The summed E-state index contributed by atoms with van der Waals surface area (Å²) in [5.41, 5.74) is 2.60. The van der Waals surface area contributed by atoms with Crippen molar-refractivity contribution < 1.29 is 23.1 Å². The molecule has 2 heterocycles. The first-order valence-electron chi connectivity index (χ1n) is 19.8. The van der Waals surface area contributed by atoms with Crippen molar-refractivity contribution in [3.63, 3.8) is 0 Å². The monoisotopic (exact) mass is 714 g/mol. The zero-order chi connectivity index (χ0) is 35.6. The predicted molar refractivity (Wildman–Crippen MR) is 211 cm³/mol. The Morgan fingerprint density at radius 1 is 0.633 bits per heavy atom. The molecule has 0 aromatic heterocycles. The number of halogens is 1. The second kappa shape index (κ2) is 22.6. The molecular weight excluding hydrogens is 644 g/mol. The Morgan fingerprint density at radius 3 is 1.43 bits per heavy atom. The van der Waals surface area contributed by atoms with Crippen LogP contribution in [0.25, 0.3) is 0 Å². The molecule has 4 rings (SSSR count). The number of benzene rings is 2. The van der Waals surface area contributed by atoms with Crippen molar-refractivity contribution in [3.8, 4) is 0 Å². The van der Waals surface area contributed by atoms with Gasteiger partial charge in [0.1, 0.15) is 0 Å². The number of hydrogen-bond acceptors (Lipinski definition) is 4. The summed E-state index contributed by atoms with van der Waals surface area (Å²) in [6, 6.07) is 21.9. The lowest BCUT2D eigenvalue weighted by Gasteiger charge is -2.27. The fraction of sp³-hybridized carbons (Fsp3) is 0.714. The van der Waals surface area contributed by atoms with Crippen LogP contribution in [0, 0.1) is 23.7 Å². The zero-order valence-corrected chi connectivity index (χ0v) is 34.6. The van der Waals surface area contributed by atoms with E-state index in [0.29, 0.717) is 30.5 Å². The van der Waals surface area contributed by atoms with E-state index in [-0.39, 0.29) is 12.6 Å². The van der Waals surface area contributed by atoms with Crippen LogP contribution in [0.15, 0.2) is 48.5 Å². The van der Waals surface area contributed by atoms with Crippen molar-refractivity contribution >= 4 is 27.6 Å². The third-order valence-electron chi connectivity index (χ3n) is 9.56. The van der Waals surface area contributed by atoms with Crippen LogP contribution in [-0.4, -0.2) is 56.2 Å². The fourth-order valence-electron chi connectivity index (χ4n) is 7.35. The second-order valence-electron chi connectivity index (χ2n) is 16.4. The third-order valence-corrected chi connectivity index (χ3v) is 18.2. The summed E-state index contributed by atoms with van der Waals surface area (Å²) in [4.78, 5) is 0. The highest BCUT2D eigenvalue weighted by molar-refractivity contribution is 6.86. The highest BCUT2D eigenvalue weighted by Crippen LogP contribution is 2.27. The summed E-state index contributed by atoms with van der Waals surface area (Å²) < 4.78 is 38.6. The molecule has 278 valence electrons. The first kappa shape index (κ1) is 42.1. The van der Waals surface area contributed by atoms with Crippen molar-refractivity contribution in [2.75, 3.05) is 26.4 Å². The van der Waals surface area contributed by atoms with Gasteiger partial charge >= 0.3 is 0 Å². The van der Waals surface area contributed by atoms with Gasteiger partial charge in [0, 0.05) is 13.2 Å². The van der Waals surface area contributed by atoms with Crippen molar-refractivity contribution in [2.45, 2.75) is 144 Å². The van der Waals surface area contributed by atoms with Gasteiger partial charge in [0.25, 0.3) is 8.41 Å². The molecule has 2 fully saturated rings. The number of rotatable bonds is 18. The van der Waals surface area contributed by atoms with Gasteiger partial charge in [-0.05, 0) is 103 Å². The predicted octanol–water partition coefficient (Wildman–Crippen LogP) is 9.72. The van der Waals surface area contributed by atoms with Crippen LogP contribution in [0.4, 0.5) is 4.11 Å². The summed E-state index contributed by atoms with van der Waals surface area (Å²) in [5, 5.41) is 2.59. The largest absolute Gasteiger partial charge is 0.353 e. The van der Waals surface area contributed by atoms with Crippen LogP contribution in [0.1, 0.15) is 105 Å². The van der Waals surface area contributed by atoms with E-state index in [2.05, 4.69) is 91.8 Å². The van der Waals surface area contributed by atoms with Crippen LogP contribution in [0.2, 0.25) is 24.2 Å². The van der Waals surface area contributed by atoms with E-state index in [1.54, 1.807) is 5.19 Å². The molecule has 2 atom stereocenters. The summed E-state index contributed by atoms with van der Waals surface area (Å²) in [5.74, 6) is 2.42. The quantitative estimate of drug-likeness (QED) is 0.114. The lowest BCUT2D eigenvalue weighted by Crippen LogP contribution is -2.45. The molecule has 2 saturated heterocycles. The Balaban J connectivity index is 0.000000266. The SMILES string of the molecule is CC(C)C[SiH](CC(C)C)c1ccc(CCOC2CCCCO2)cc1.CC(C)C[Si](F)(CC(C)C)c1ccc(CCOC2CCCCO2)cc1. The van der Waals surface area contributed by atoms with Crippen molar-refractivity contribution in [3.05, 3.63) is 59.7 Å². The van der Waals surface area contributed by atoms with Crippen LogP contribution >= 0.6 is 0 Å². The Kier molecular flexibility index (Phi) is 19.4. The Bertz CT molecular complexity index is 1110. The molecule has 0 N–H and O–H groups in total. The molecule has 2 aliphatic rings. The van der Waals surface area contributed by atoms with E-state index in [0.717, 1.165) is 68.9 Å². The fourth-order valence-corrected chi connectivity index (χ4v) is 15.1. The first-order valence-corrected chi connectivity index (χ1v) is 24.3. The first-order chi connectivity index (χ1) is 23.4. The van der Waals surface area contributed by atoms with Crippen LogP contribution in [-0.2, 0) is 31.8 Å². The maximum atomic E-state index is 15.7. The molecule has 2 unspecified atom stereocenters. The second-order valence-corrected chi connectivity index (χ2v) is 22.7. The maximum absolute atomic E-state index is 15.7. The minimum Gasteiger partial charge on any atom is -0.353 e. The van der Waals surface area contributed by atoms with Gasteiger partial charge in [-0.2, -0.15) is 0 Å². The van der Waals surface area contributed by atoms with Crippen molar-refractivity contribution in [1.29, 1.82) is 0 Å². The van der Waals surface area contributed by atoms with Gasteiger partial charge in [-0.15, -0.1) is 0 Å². The number of ether oxygens (including phenoxy) is 4. The summed E-state index contributed by atoms with van der Waals surface area (Å²) in [6.07, 6.45) is 8.64. The Labute approximate surface area is 303 Å². The molecule has 2 aliphatic heterocycles. The van der Waals surface area contributed by atoms with E-state index in [1.165, 1.54) is 42.5 Å². The van der Waals surface area contributed by atoms with E-state index in [9.17, 15) is 0 Å². The molecular formula is C42H71FO4Si2. The molecule has 0 amide bonds. The van der Waals surface area contributed by atoms with Gasteiger partial charge in [-0.1, -0.05) is 121 Å². The molecule has 0 radical (unpaired) electrons. The molecule has 2 aromatic carbocycles. The van der Waals surface area contributed by atoms with Gasteiger partial charge < -0.3 is 23.1 Å². The van der Waals surface area contributed by atoms with Gasteiger partial charge in [0.2, 0.25) is 0 Å². The molecule has 0 spiro atoms. The molecule has 4 nitrogen and oxygen atoms in total. The van der Waals surface area contributed by atoms with E-state index in [1.807, 2.05) is 12.1 Å². The summed E-state index contributed by atoms with van der Waals surface area (Å²) in [7, 11) is -3.71. The highest BCUT2D eigenvalue weighted by atomic mass is 28.4. The smallest absolute Gasteiger partial charge is 0.278 e. The van der Waals surface area contributed by atoms with Crippen molar-refractivity contribution in [2.24, 2.45) is 23.7 Å². The molecule has 2 aromatic rings. The molecule has 0 saturated carbocycles. The van der Waals surface area contributed by atoms with Gasteiger partial charge in [0.05, 0.1) is 22.0 Å². The zero-order valence-electron chi connectivity index (χ0n) is 32.5. The minimum atomic E-state index is -2.88. The average molecular weight is 715 g/mol. The minimum absolute atomic E-state index is 0.0315. The maximum Gasteiger partial charge on any atom is 0.278 e. The van der Waals surface area contributed by atoms with Crippen LogP contribution in [0.5, 0.6) is 0 Å². The Hall–Kier alpha value is -1.36.